The zero-order valence-electron chi connectivity index (χ0n) is 14.6. The van der Waals surface area contributed by atoms with Crippen LogP contribution in [0.2, 0.25) is 5.02 Å². The minimum atomic E-state index is -0.0216. The van der Waals surface area contributed by atoms with Crippen LogP contribution in [-0.2, 0) is 9.59 Å². The monoisotopic (exact) mass is 373 g/mol. The molecule has 0 saturated carbocycles. The van der Waals surface area contributed by atoms with Gasteiger partial charge in [-0.05, 0) is 49.2 Å². The second-order valence-corrected chi connectivity index (χ2v) is 6.58. The largest absolute Gasteiger partial charge is 0.399 e. The van der Waals surface area contributed by atoms with E-state index in [1.807, 2.05) is 12.1 Å². The molecule has 0 radical (unpaired) electrons. The van der Waals surface area contributed by atoms with E-state index in [0.717, 1.165) is 25.7 Å². The quantitative estimate of drug-likeness (QED) is 0.434. The van der Waals surface area contributed by atoms with Crippen LogP contribution >= 0.6 is 11.6 Å². The SMILES string of the molecule is Nc1cccc(NC(=O)CCCCCCC(=O)Nc2cccc(Cl)c2)c1. The molecule has 0 spiro atoms. The molecule has 0 fully saturated rings. The number of amides is 2. The van der Waals surface area contributed by atoms with E-state index < -0.39 is 0 Å². The number of hydrogen-bond acceptors (Lipinski definition) is 3. The van der Waals surface area contributed by atoms with Crippen LogP contribution in [0.5, 0.6) is 0 Å². The Morgan fingerprint density at radius 3 is 1.88 bits per heavy atom. The molecule has 0 saturated heterocycles. The number of rotatable bonds is 9. The molecule has 0 aliphatic rings. The fourth-order valence-corrected chi connectivity index (χ4v) is 2.74. The van der Waals surface area contributed by atoms with E-state index in [1.54, 1.807) is 36.4 Å². The van der Waals surface area contributed by atoms with Crippen molar-refractivity contribution in [3.63, 3.8) is 0 Å². The van der Waals surface area contributed by atoms with Gasteiger partial charge in [0.1, 0.15) is 0 Å². The Kier molecular flexibility index (Phi) is 7.96. The van der Waals surface area contributed by atoms with Crippen molar-refractivity contribution in [1.82, 2.24) is 0 Å². The number of nitrogens with one attached hydrogen (secondary N) is 2. The van der Waals surface area contributed by atoms with Crippen LogP contribution < -0.4 is 16.4 Å². The minimum Gasteiger partial charge on any atom is -0.399 e. The van der Waals surface area contributed by atoms with E-state index in [9.17, 15) is 9.59 Å². The number of nitrogens with two attached hydrogens (primary N) is 1. The van der Waals surface area contributed by atoms with Crippen molar-refractivity contribution >= 4 is 40.5 Å². The summed E-state index contributed by atoms with van der Waals surface area (Å²) in [5, 5.41) is 6.25. The van der Waals surface area contributed by atoms with Gasteiger partial charge in [0.2, 0.25) is 11.8 Å². The van der Waals surface area contributed by atoms with Gasteiger partial charge in [-0.3, -0.25) is 9.59 Å². The molecule has 2 aromatic carbocycles. The van der Waals surface area contributed by atoms with Crippen molar-refractivity contribution in [2.45, 2.75) is 38.5 Å². The Morgan fingerprint density at radius 2 is 1.35 bits per heavy atom. The van der Waals surface area contributed by atoms with Crippen LogP contribution in [0, 0.1) is 0 Å². The summed E-state index contributed by atoms with van der Waals surface area (Å²) in [5.41, 5.74) is 7.73. The lowest BCUT2D eigenvalue weighted by Crippen LogP contribution is -2.11. The van der Waals surface area contributed by atoms with E-state index in [2.05, 4.69) is 10.6 Å². The molecular formula is C20H24ClN3O2. The van der Waals surface area contributed by atoms with E-state index in [1.165, 1.54) is 0 Å². The van der Waals surface area contributed by atoms with Crippen molar-refractivity contribution < 1.29 is 9.59 Å². The number of nitrogen functional groups attached to an aromatic ring is 1. The van der Waals surface area contributed by atoms with Gasteiger partial charge in [0.05, 0.1) is 0 Å². The summed E-state index contributed by atoms with van der Waals surface area (Å²) >= 11 is 5.88. The Morgan fingerprint density at radius 1 is 0.808 bits per heavy atom. The molecule has 2 amide bonds. The van der Waals surface area contributed by atoms with Gasteiger partial charge < -0.3 is 16.4 Å². The summed E-state index contributed by atoms with van der Waals surface area (Å²) in [6.07, 6.45) is 4.34. The van der Waals surface area contributed by atoms with Crippen LogP contribution in [0.1, 0.15) is 38.5 Å². The molecule has 6 heteroatoms. The second kappa shape index (κ2) is 10.5. The molecule has 138 valence electrons. The number of unbranched alkanes of at least 4 members (excludes halogenated alkanes) is 3. The third-order valence-corrected chi connectivity index (χ3v) is 4.07. The maximum atomic E-state index is 11.9. The first-order chi connectivity index (χ1) is 12.5. The molecular weight excluding hydrogens is 350 g/mol. The first-order valence-corrected chi connectivity index (χ1v) is 9.11. The lowest BCUT2D eigenvalue weighted by molar-refractivity contribution is -0.117. The number of carbonyl (C=O) groups excluding carboxylic acids is 2. The van der Waals surface area contributed by atoms with Crippen LogP contribution in [0.25, 0.3) is 0 Å². The smallest absolute Gasteiger partial charge is 0.224 e. The van der Waals surface area contributed by atoms with Crippen molar-refractivity contribution in [3.05, 3.63) is 53.6 Å². The molecule has 0 heterocycles. The highest BCUT2D eigenvalue weighted by Crippen LogP contribution is 2.16. The predicted molar refractivity (Wildman–Crippen MR) is 107 cm³/mol. The second-order valence-electron chi connectivity index (χ2n) is 6.15. The highest BCUT2D eigenvalue weighted by atomic mass is 35.5. The van der Waals surface area contributed by atoms with E-state index in [-0.39, 0.29) is 11.8 Å². The van der Waals surface area contributed by atoms with E-state index in [0.29, 0.717) is 34.9 Å². The Bertz CT molecular complexity index is 686. The fraction of sp³-hybridized carbons (Fsp3) is 0.300. The van der Waals surface area contributed by atoms with Gasteiger partial charge in [0, 0.05) is 34.9 Å². The minimum absolute atomic E-state index is 0.0192. The maximum Gasteiger partial charge on any atom is 0.224 e. The van der Waals surface area contributed by atoms with E-state index >= 15 is 0 Å². The van der Waals surface area contributed by atoms with Crippen molar-refractivity contribution in [2.75, 3.05) is 16.4 Å². The lowest BCUT2D eigenvalue weighted by atomic mass is 10.1. The van der Waals surface area contributed by atoms with Crippen LogP contribution in [0.4, 0.5) is 17.1 Å². The van der Waals surface area contributed by atoms with E-state index in [4.69, 9.17) is 17.3 Å². The van der Waals surface area contributed by atoms with Gasteiger partial charge >= 0.3 is 0 Å². The number of halogens is 1. The molecule has 0 bridgehead atoms. The molecule has 0 unspecified atom stereocenters. The molecule has 0 aliphatic carbocycles. The molecule has 0 atom stereocenters. The molecule has 0 aliphatic heterocycles. The van der Waals surface area contributed by atoms with Crippen molar-refractivity contribution in [3.8, 4) is 0 Å². The van der Waals surface area contributed by atoms with Crippen LogP contribution in [0.3, 0.4) is 0 Å². The fourth-order valence-electron chi connectivity index (χ4n) is 2.55. The third-order valence-electron chi connectivity index (χ3n) is 3.84. The zero-order valence-corrected chi connectivity index (χ0v) is 15.4. The number of hydrogen-bond donors (Lipinski definition) is 3. The molecule has 2 rings (SSSR count). The molecule has 2 aromatic rings. The summed E-state index contributed by atoms with van der Waals surface area (Å²) in [6, 6.07) is 14.2. The summed E-state index contributed by atoms with van der Waals surface area (Å²) in [7, 11) is 0. The molecule has 0 aromatic heterocycles. The zero-order chi connectivity index (χ0) is 18.8. The Balaban J connectivity index is 1.55. The van der Waals surface area contributed by atoms with Gasteiger partial charge in [-0.2, -0.15) is 0 Å². The topological polar surface area (TPSA) is 84.2 Å². The van der Waals surface area contributed by atoms with Gasteiger partial charge in [-0.15, -0.1) is 0 Å². The highest BCUT2D eigenvalue weighted by Gasteiger charge is 2.05. The standard InChI is InChI=1S/C20H24ClN3O2/c21-15-7-5-9-17(13-15)23-19(25)11-3-1-2-4-12-20(26)24-18-10-6-8-16(22)14-18/h5-10,13-14H,1-4,11-12,22H2,(H,23,25)(H,24,26). The van der Waals surface area contributed by atoms with Crippen molar-refractivity contribution in [2.24, 2.45) is 0 Å². The third kappa shape index (κ3) is 7.57. The Hall–Kier alpha value is -2.53. The number of carbonyl (C=O) groups is 2. The van der Waals surface area contributed by atoms with Gasteiger partial charge in [-0.25, -0.2) is 0 Å². The van der Waals surface area contributed by atoms with Crippen LogP contribution in [0.15, 0.2) is 48.5 Å². The number of benzene rings is 2. The average molecular weight is 374 g/mol. The summed E-state index contributed by atoms with van der Waals surface area (Å²) in [5.74, 6) is -0.0408. The predicted octanol–water partition coefficient (Wildman–Crippen LogP) is 4.84. The van der Waals surface area contributed by atoms with Crippen molar-refractivity contribution in [1.29, 1.82) is 0 Å². The molecule has 5 nitrogen and oxygen atoms in total. The maximum absolute atomic E-state index is 11.9. The molecule has 4 N–H and O–H groups in total. The van der Waals surface area contributed by atoms with Crippen LogP contribution in [-0.4, -0.2) is 11.8 Å². The Labute approximate surface area is 158 Å². The lowest BCUT2D eigenvalue weighted by Gasteiger charge is -2.07. The highest BCUT2D eigenvalue weighted by molar-refractivity contribution is 6.30. The summed E-state index contributed by atoms with van der Waals surface area (Å²) in [4.78, 5) is 23.7. The summed E-state index contributed by atoms with van der Waals surface area (Å²) < 4.78 is 0. The normalized spacial score (nSPS) is 10.3. The summed E-state index contributed by atoms with van der Waals surface area (Å²) in [6.45, 7) is 0. The van der Waals surface area contributed by atoms with Gasteiger partial charge in [-0.1, -0.05) is 36.6 Å². The van der Waals surface area contributed by atoms with Gasteiger partial charge in [0.15, 0.2) is 0 Å². The molecule has 26 heavy (non-hydrogen) atoms. The van der Waals surface area contributed by atoms with Gasteiger partial charge in [0.25, 0.3) is 0 Å². The first kappa shape index (κ1) is 19.8. The average Bonchev–Trinajstić information content (AvgIpc) is 2.58. The number of anilines is 3. The first-order valence-electron chi connectivity index (χ1n) is 8.74.